The van der Waals surface area contributed by atoms with E-state index in [0.29, 0.717) is 0 Å². The minimum atomic E-state index is -0.0822. The van der Waals surface area contributed by atoms with E-state index >= 15 is 0 Å². The molecule has 1 aliphatic rings. The number of aliphatic hydroxyl groups is 1. The number of methoxy groups -OCH3 is 1. The lowest BCUT2D eigenvalue weighted by molar-refractivity contribution is 0.0832. The molecule has 3 heteroatoms. The van der Waals surface area contributed by atoms with Gasteiger partial charge in [0.2, 0.25) is 0 Å². The summed E-state index contributed by atoms with van der Waals surface area (Å²) in [6.45, 7) is 7.38. The van der Waals surface area contributed by atoms with E-state index in [1.165, 1.54) is 16.7 Å². The summed E-state index contributed by atoms with van der Waals surface area (Å²) >= 11 is 0. The van der Waals surface area contributed by atoms with Crippen LogP contribution in [-0.2, 0) is 6.42 Å². The van der Waals surface area contributed by atoms with Crippen molar-refractivity contribution in [3.8, 4) is 5.75 Å². The minimum absolute atomic E-state index is 0.0822. The Kier molecular flexibility index (Phi) is 4.83. The molecule has 106 valence electrons. The van der Waals surface area contributed by atoms with Crippen LogP contribution in [0.2, 0.25) is 0 Å². The fourth-order valence-electron chi connectivity index (χ4n) is 2.76. The Labute approximate surface area is 116 Å². The van der Waals surface area contributed by atoms with E-state index in [1.807, 2.05) is 0 Å². The number of ether oxygens (including phenoxy) is 1. The third-order valence-electron chi connectivity index (χ3n) is 4.11. The van der Waals surface area contributed by atoms with Gasteiger partial charge in [-0.05, 0) is 55.9 Å². The molecule has 1 heterocycles. The Balaban J connectivity index is 1.94. The van der Waals surface area contributed by atoms with Crippen molar-refractivity contribution < 1.29 is 9.84 Å². The van der Waals surface area contributed by atoms with Gasteiger partial charge in [-0.3, -0.25) is 0 Å². The van der Waals surface area contributed by atoms with Crippen LogP contribution in [0.25, 0.3) is 0 Å². The largest absolute Gasteiger partial charge is 0.496 e. The summed E-state index contributed by atoms with van der Waals surface area (Å²) in [5.74, 6) is 0.974. The highest BCUT2D eigenvalue weighted by molar-refractivity contribution is 5.41. The molecule has 3 nitrogen and oxygen atoms in total. The van der Waals surface area contributed by atoms with E-state index in [-0.39, 0.29) is 6.10 Å². The van der Waals surface area contributed by atoms with Crippen LogP contribution in [0.15, 0.2) is 12.1 Å². The smallest absolute Gasteiger partial charge is 0.122 e. The first-order chi connectivity index (χ1) is 9.10. The van der Waals surface area contributed by atoms with Crippen LogP contribution in [0.1, 0.15) is 29.5 Å². The van der Waals surface area contributed by atoms with E-state index in [4.69, 9.17) is 4.74 Å². The number of rotatable bonds is 4. The van der Waals surface area contributed by atoms with E-state index < -0.39 is 0 Å². The average Bonchev–Trinajstić information content (AvgIpc) is 2.41. The van der Waals surface area contributed by atoms with Crippen molar-refractivity contribution in [2.24, 2.45) is 0 Å². The number of nitrogens with zero attached hydrogens (tertiary/aromatic N) is 1. The first-order valence-electron chi connectivity index (χ1n) is 7.14. The Bertz CT molecular complexity index is 423. The number of likely N-dealkylation sites (tertiary alicyclic amines) is 1. The van der Waals surface area contributed by atoms with Crippen LogP contribution >= 0.6 is 0 Å². The topological polar surface area (TPSA) is 32.7 Å². The highest BCUT2D eigenvalue weighted by Crippen LogP contribution is 2.23. The van der Waals surface area contributed by atoms with E-state index in [2.05, 4.69) is 30.9 Å². The molecule has 1 N–H and O–H groups in total. The third kappa shape index (κ3) is 3.71. The summed E-state index contributed by atoms with van der Waals surface area (Å²) < 4.78 is 5.35. The number of aliphatic hydroxyl groups excluding tert-OH is 1. The van der Waals surface area contributed by atoms with E-state index in [9.17, 15) is 5.11 Å². The SMILES string of the molecule is COc1cc(C)c(CCN2CCC(O)CC2)cc1C. The van der Waals surface area contributed by atoms with Crippen LogP contribution in [-0.4, -0.2) is 42.9 Å². The normalized spacial score (nSPS) is 17.7. The van der Waals surface area contributed by atoms with Crippen LogP contribution < -0.4 is 4.74 Å². The Morgan fingerprint density at radius 1 is 1.21 bits per heavy atom. The van der Waals surface area contributed by atoms with E-state index in [1.54, 1.807) is 7.11 Å². The Hall–Kier alpha value is -1.06. The molecule has 0 bridgehead atoms. The number of aryl methyl sites for hydroxylation is 2. The molecule has 0 amide bonds. The van der Waals surface area contributed by atoms with Crippen molar-refractivity contribution in [2.75, 3.05) is 26.7 Å². The van der Waals surface area contributed by atoms with Crippen molar-refractivity contribution in [2.45, 2.75) is 39.2 Å². The van der Waals surface area contributed by atoms with Gasteiger partial charge in [-0.25, -0.2) is 0 Å². The molecule has 1 aromatic carbocycles. The van der Waals surface area contributed by atoms with Crippen molar-refractivity contribution >= 4 is 0 Å². The average molecular weight is 263 g/mol. The number of hydrogen-bond donors (Lipinski definition) is 1. The number of benzene rings is 1. The number of piperidine rings is 1. The van der Waals surface area contributed by atoms with Crippen LogP contribution in [0.4, 0.5) is 0 Å². The van der Waals surface area contributed by atoms with Crippen molar-refractivity contribution in [1.29, 1.82) is 0 Å². The van der Waals surface area contributed by atoms with Crippen molar-refractivity contribution in [3.05, 3.63) is 28.8 Å². The Morgan fingerprint density at radius 2 is 1.89 bits per heavy atom. The molecule has 1 saturated heterocycles. The summed E-state index contributed by atoms with van der Waals surface area (Å²) in [5, 5.41) is 9.51. The summed E-state index contributed by atoms with van der Waals surface area (Å²) in [6, 6.07) is 4.37. The second-order valence-electron chi connectivity index (χ2n) is 5.57. The highest BCUT2D eigenvalue weighted by atomic mass is 16.5. The van der Waals surface area contributed by atoms with Crippen LogP contribution in [0, 0.1) is 13.8 Å². The standard InChI is InChI=1S/C16H25NO2/c1-12-11-16(19-3)13(2)10-14(12)4-7-17-8-5-15(18)6-9-17/h10-11,15,18H,4-9H2,1-3H3. The zero-order valence-corrected chi connectivity index (χ0v) is 12.3. The van der Waals surface area contributed by atoms with Gasteiger partial charge in [0.15, 0.2) is 0 Å². The molecule has 0 aliphatic carbocycles. The van der Waals surface area contributed by atoms with Gasteiger partial charge in [-0.1, -0.05) is 6.07 Å². The predicted octanol–water partition coefficient (Wildman–Crippen LogP) is 2.31. The molecule has 0 spiro atoms. The van der Waals surface area contributed by atoms with Crippen molar-refractivity contribution in [3.63, 3.8) is 0 Å². The molecular weight excluding hydrogens is 238 g/mol. The molecule has 0 atom stereocenters. The number of hydrogen-bond acceptors (Lipinski definition) is 3. The zero-order chi connectivity index (χ0) is 13.8. The molecule has 1 fully saturated rings. The van der Waals surface area contributed by atoms with Crippen LogP contribution in [0.5, 0.6) is 5.75 Å². The van der Waals surface area contributed by atoms with Gasteiger partial charge in [0.05, 0.1) is 13.2 Å². The maximum absolute atomic E-state index is 9.51. The van der Waals surface area contributed by atoms with Gasteiger partial charge >= 0.3 is 0 Å². The first-order valence-corrected chi connectivity index (χ1v) is 7.14. The molecule has 0 aromatic heterocycles. The predicted molar refractivity (Wildman–Crippen MR) is 77.9 cm³/mol. The fraction of sp³-hybridized carbons (Fsp3) is 0.625. The third-order valence-corrected chi connectivity index (χ3v) is 4.11. The monoisotopic (exact) mass is 263 g/mol. The molecule has 19 heavy (non-hydrogen) atoms. The summed E-state index contributed by atoms with van der Waals surface area (Å²) in [6.07, 6.45) is 2.83. The van der Waals surface area contributed by atoms with Crippen molar-refractivity contribution in [1.82, 2.24) is 4.90 Å². The first kappa shape index (κ1) is 14.4. The van der Waals surface area contributed by atoms with Gasteiger partial charge in [-0.2, -0.15) is 0 Å². The summed E-state index contributed by atoms with van der Waals surface area (Å²) in [4.78, 5) is 2.45. The quantitative estimate of drug-likeness (QED) is 0.905. The highest BCUT2D eigenvalue weighted by Gasteiger charge is 2.16. The van der Waals surface area contributed by atoms with Gasteiger partial charge in [0.1, 0.15) is 5.75 Å². The lowest BCUT2D eigenvalue weighted by atomic mass is 10.0. The maximum atomic E-state index is 9.51. The maximum Gasteiger partial charge on any atom is 0.122 e. The zero-order valence-electron chi connectivity index (χ0n) is 12.3. The second kappa shape index (κ2) is 6.40. The Morgan fingerprint density at radius 3 is 2.53 bits per heavy atom. The summed E-state index contributed by atoms with van der Waals surface area (Å²) in [5.41, 5.74) is 3.92. The van der Waals surface area contributed by atoms with Gasteiger partial charge in [-0.15, -0.1) is 0 Å². The molecule has 1 aliphatic heterocycles. The molecular formula is C16H25NO2. The lowest BCUT2D eigenvalue weighted by Crippen LogP contribution is -2.37. The van der Waals surface area contributed by atoms with Gasteiger partial charge in [0, 0.05) is 19.6 Å². The lowest BCUT2D eigenvalue weighted by Gasteiger charge is -2.29. The fourth-order valence-corrected chi connectivity index (χ4v) is 2.76. The molecule has 2 rings (SSSR count). The van der Waals surface area contributed by atoms with Gasteiger partial charge < -0.3 is 14.7 Å². The molecule has 1 aromatic rings. The molecule has 0 radical (unpaired) electrons. The van der Waals surface area contributed by atoms with Gasteiger partial charge in [0.25, 0.3) is 0 Å². The second-order valence-corrected chi connectivity index (χ2v) is 5.57. The molecule has 0 saturated carbocycles. The minimum Gasteiger partial charge on any atom is -0.496 e. The van der Waals surface area contributed by atoms with E-state index in [0.717, 1.165) is 44.6 Å². The van der Waals surface area contributed by atoms with Crippen LogP contribution in [0.3, 0.4) is 0 Å². The summed E-state index contributed by atoms with van der Waals surface area (Å²) in [7, 11) is 1.72. The molecule has 0 unspecified atom stereocenters.